The van der Waals surface area contributed by atoms with Gasteiger partial charge in [-0.1, -0.05) is 86.7 Å². The molecule has 26 heteroatoms. The first-order chi connectivity index (χ1) is 43.7. The molecule has 6 atom stereocenters. The molecule has 0 saturated heterocycles. The van der Waals surface area contributed by atoms with E-state index >= 15 is 0 Å². The lowest BCUT2D eigenvalue weighted by Gasteiger charge is -2.30. The van der Waals surface area contributed by atoms with Crippen LogP contribution in [0.25, 0.3) is 0 Å². The Bertz CT molecular complexity index is 3720. The van der Waals surface area contributed by atoms with Crippen molar-refractivity contribution in [1.29, 1.82) is 0 Å². The normalized spacial score (nSPS) is 15.7. The first-order valence-corrected chi connectivity index (χ1v) is 30.7. The third kappa shape index (κ3) is 15.6. The Morgan fingerprint density at radius 1 is 0.543 bits per heavy atom. The molecule has 0 aliphatic carbocycles. The fourth-order valence-corrected chi connectivity index (χ4v) is 11.4. The van der Waals surface area contributed by atoms with Gasteiger partial charge < -0.3 is 51.7 Å². The van der Waals surface area contributed by atoms with Crippen LogP contribution in [-0.2, 0) is 78.1 Å². The van der Waals surface area contributed by atoms with E-state index in [1.54, 1.807) is 125 Å². The number of likely N-dealkylation sites (N-methyl/N-ethyl adjacent to an activating group) is 2. The Balaban J connectivity index is 0.756. The second-order valence-electron chi connectivity index (χ2n) is 25.2. The number of hydrogen-bond donors (Lipinski definition) is 8. The van der Waals surface area contributed by atoms with E-state index in [9.17, 15) is 47.1 Å². The molecule has 3 aromatic carbocycles. The minimum atomic E-state index is -1.12. The quantitative estimate of drug-likeness (QED) is 0.0385. The summed E-state index contributed by atoms with van der Waals surface area (Å²) in [7, 11) is 3.27. The number of nitrogens with one attached hydrogen (secondary N) is 8. The summed E-state index contributed by atoms with van der Waals surface area (Å²) >= 11 is 0. The molecule has 8 N–H and O–H groups in total. The summed E-state index contributed by atoms with van der Waals surface area (Å²) in [6.45, 7) is 15.4. The molecule has 4 aromatic heterocycles. The van der Waals surface area contributed by atoms with Gasteiger partial charge in [-0.25, -0.2) is 18.1 Å². The van der Waals surface area contributed by atoms with Gasteiger partial charge in [0.05, 0.1) is 59.8 Å². The minimum absolute atomic E-state index is 0.0751. The molecule has 2 aliphatic heterocycles. The summed E-state index contributed by atoms with van der Waals surface area (Å²) in [5, 5.41) is 34.8. The zero-order valence-corrected chi connectivity index (χ0v) is 53.4. The molecule has 6 amide bonds. The lowest BCUT2D eigenvalue weighted by atomic mass is 9.91. The van der Waals surface area contributed by atoms with Gasteiger partial charge in [-0.05, 0) is 100 Å². The van der Waals surface area contributed by atoms with Crippen molar-refractivity contribution in [2.45, 2.75) is 141 Å². The Morgan fingerprint density at radius 3 is 1.24 bits per heavy atom. The second kappa shape index (κ2) is 28.3. The first kappa shape index (κ1) is 66.8. The van der Waals surface area contributed by atoms with Crippen LogP contribution in [0.15, 0.2) is 107 Å². The summed E-state index contributed by atoms with van der Waals surface area (Å²) in [6, 6.07) is 17.2. The van der Waals surface area contributed by atoms with Crippen LogP contribution in [0.4, 0.5) is 20.2 Å². The average molecular weight is 1260 g/mol. The Morgan fingerprint density at radius 2 is 0.891 bits per heavy atom. The maximum absolute atomic E-state index is 14.8. The summed E-state index contributed by atoms with van der Waals surface area (Å²) in [4.78, 5) is 119. The first-order valence-electron chi connectivity index (χ1n) is 30.7. The van der Waals surface area contributed by atoms with Crippen LogP contribution in [0.3, 0.4) is 0 Å². The zero-order chi connectivity index (χ0) is 66.3. The molecule has 92 heavy (non-hydrogen) atoms. The van der Waals surface area contributed by atoms with E-state index in [-0.39, 0.29) is 74.8 Å². The molecular weight excluding hydrogens is 1180 g/mol. The summed E-state index contributed by atoms with van der Waals surface area (Å²) < 4.78 is 30.4. The molecular formula is C66H80F2N16O8. The van der Waals surface area contributed by atoms with Crippen molar-refractivity contribution in [2.24, 2.45) is 0 Å². The Labute approximate surface area is 531 Å². The average Bonchev–Trinajstić information content (AvgIpc) is 1.60. The fourth-order valence-electron chi connectivity index (χ4n) is 11.4. The number of halogens is 2. The van der Waals surface area contributed by atoms with Crippen molar-refractivity contribution in [3.05, 3.63) is 186 Å². The van der Waals surface area contributed by atoms with Gasteiger partial charge in [-0.3, -0.25) is 38.4 Å². The van der Waals surface area contributed by atoms with Gasteiger partial charge in [0.2, 0.25) is 23.6 Å². The van der Waals surface area contributed by atoms with Crippen LogP contribution in [0.2, 0.25) is 0 Å². The number of benzene rings is 3. The zero-order valence-electron chi connectivity index (χ0n) is 53.4. The molecule has 24 nitrogen and oxygen atoms in total. The van der Waals surface area contributed by atoms with Crippen molar-refractivity contribution in [1.82, 2.24) is 71.9 Å². The molecule has 0 spiro atoms. The number of H-pyrrole nitrogens is 2. The highest BCUT2D eigenvalue weighted by molar-refractivity contribution is 6.03. The maximum Gasteiger partial charge on any atom is 0.251 e. The number of carbonyl (C=O) groups excluding carboxylic acids is 6. The van der Waals surface area contributed by atoms with Crippen molar-refractivity contribution in [3.63, 3.8) is 0 Å². The standard InChI is InChI=1S/C66H80F2N16O8/c1-37(69-9)59(87)73-55(63(91)81-35-65(5,6)57-51(81)31-45(61(89)75-57)27-41-15-19-47(67)20-16-41)39(3)83-33-49(77-79-83)23-25-71-53(85)29-43-11-13-44(14-12-43)30-54(86)72-26-24-50-34-84(80-78-50)40(4)56(74-60(88)38(2)70-10)64(92)82-36-66(7,8)58-52(82)32-46(62(90)76-58)28-42-17-21-48(68)22-18-42/h11-22,31-34,37-40,55-56,69-70H,23-30,35-36H2,1-10H3,(H,71,85)(H,72,86)(H,73,87)(H,74,88)(H,75,89)(H,76,90)/t37-,38+,39-,40+,55-,56+. The van der Waals surface area contributed by atoms with Crippen LogP contribution in [0.1, 0.15) is 124 Å². The number of pyridine rings is 2. The third-order valence-electron chi connectivity index (χ3n) is 17.2. The minimum Gasteiger partial charge on any atom is -0.355 e. The molecule has 0 bridgehead atoms. The van der Waals surface area contributed by atoms with E-state index in [1.165, 1.54) is 33.6 Å². The number of carbonyl (C=O) groups is 6. The van der Waals surface area contributed by atoms with Crippen LogP contribution < -0.4 is 52.8 Å². The maximum atomic E-state index is 14.8. The lowest BCUT2D eigenvalue weighted by molar-refractivity contribution is -0.129. The number of hydrogen-bond acceptors (Lipinski definition) is 14. The number of fused-ring (bicyclic) bond motifs is 2. The number of anilines is 2. The Kier molecular flexibility index (Phi) is 20.6. The van der Waals surface area contributed by atoms with Crippen LogP contribution >= 0.6 is 0 Å². The highest BCUT2D eigenvalue weighted by atomic mass is 19.1. The molecule has 7 aromatic rings. The molecule has 9 rings (SSSR count). The SMILES string of the molecule is CN[C@@H](C)C(=O)N[C@H](C(=O)N1CC(C)(C)c2[nH]c(=O)c(Cc3ccc(F)cc3)cc21)[C@H](C)n1cc(CCNC(=O)Cc2ccc(CC(=O)NCCc3cn([C@H](C)[C@@H](NC(=O)[C@@H](C)NC)C(=O)N4CC(C)(C)c5[nH]c(=O)c(Cc6ccc(F)cc6)cc54)nn3)cc2)nn1. The van der Waals surface area contributed by atoms with E-state index in [2.05, 4.69) is 62.5 Å². The summed E-state index contributed by atoms with van der Waals surface area (Å²) in [6.07, 6.45) is 4.51. The molecule has 0 radical (unpaired) electrons. The molecule has 0 saturated carbocycles. The monoisotopic (exact) mass is 1260 g/mol. The van der Waals surface area contributed by atoms with Gasteiger partial charge in [-0.15, -0.1) is 10.2 Å². The van der Waals surface area contributed by atoms with E-state index in [0.29, 0.717) is 69.2 Å². The van der Waals surface area contributed by atoms with Gasteiger partial charge in [0, 0.05) is 97.6 Å². The van der Waals surface area contributed by atoms with Crippen LogP contribution in [0, 0.1) is 11.6 Å². The second-order valence-corrected chi connectivity index (χ2v) is 25.2. The summed E-state index contributed by atoms with van der Waals surface area (Å²) in [5.74, 6) is -2.96. The van der Waals surface area contributed by atoms with Gasteiger partial charge >= 0.3 is 0 Å². The topological polar surface area (TPSA) is 308 Å². The van der Waals surface area contributed by atoms with E-state index in [4.69, 9.17) is 0 Å². The predicted octanol–water partition coefficient (Wildman–Crippen LogP) is 3.47. The summed E-state index contributed by atoms with van der Waals surface area (Å²) in [5.41, 5.74) is 4.96. The molecule has 486 valence electrons. The number of aromatic nitrogens is 8. The van der Waals surface area contributed by atoms with Gasteiger partial charge in [-0.2, -0.15) is 0 Å². The lowest BCUT2D eigenvalue weighted by Crippen LogP contribution is -2.55. The molecule has 6 heterocycles. The predicted molar refractivity (Wildman–Crippen MR) is 341 cm³/mol. The van der Waals surface area contributed by atoms with Crippen molar-refractivity contribution in [2.75, 3.05) is 50.1 Å². The highest BCUT2D eigenvalue weighted by Gasteiger charge is 2.45. The number of rotatable bonds is 26. The molecule has 0 fully saturated rings. The van der Waals surface area contributed by atoms with Gasteiger partial charge in [0.1, 0.15) is 23.7 Å². The Hall–Kier alpha value is -9.56. The third-order valence-corrected chi connectivity index (χ3v) is 17.2. The molecule has 2 aliphatic rings. The van der Waals surface area contributed by atoms with E-state index < -0.39 is 82.3 Å². The number of amides is 6. The van der Waals surface area contributed by atoms with Crippen molar-refractivity contribution >= 4 is 46.8 Å². The highest BCUT2D eigenvalue weighted by Crippen LogP contribution is 2.41. The van der Waals surface area contributed by atoms with Crippen LogP contribution in [0.5, 0.6) is 0 Å². The van der Waals surface area contributed by atoms with Crippen LogP contribution in [-0.4, -0.2) is 140 Å². The largest absolute Gasteiger partial charge is 0.355 e. The van der Waals surface area contributed by atoms with Gasteiger partial charge in [0.25, 0.3) is 22.9 Å². The number of nitrogens with zero attached hydrogens (tertiary/aromatic N) is 8. The smallest absolute Gasteiger partial charge is 0.251 e. The van der Waals surface area contributed by atoms with Crippen molar-refractivity contribution < 1.29 is 37.5 Å². The van der Waals surface area contributed by atoms with Gasteiger partial charge in [0.15, 0.2) is 0 Å². The number of aromatic amines is 2. The van der Waals surface area contributed by atoms with E-state index in [0.717, 1.165) is 11.1 Å². The fraction of sp³-hybridized carbons (Fsp3) is 0.424. The van der Waals surface area contributed by atoms with Crippen molar-refractivity contribution in [3.8, 4) is 0 Å². The van der Waals surface area contributed by atoms with E-state index in [1.807, 2.05) is 27.7 Å². The molecule has 0 unspecified atom stereocenters.